The van der Waals surface area contributed by atoms with Crippen molar-refractivity contribution in [3.05, 3.63) is 21.9 Å². The van der Waals surface area contributed by atoms with Crippen LogP contribution >= 0.6 is 11.3 Å². The predicted octanol–water partition coefficient (Wildman–Crippen LogP) is 5.67. The summed E-state index contributed by atoms with van der Waals surface area (Å²) in [6, 6.07) is 4.56. The summed E-state index contributed by atoms with van der Waals surface area (Å²) in [4.78, 5) is 2.97. The van der Waals surface area contributed by atoms with Gasteiger partial charge in [-0.25, -0.2) is 0 Å². The Kier molecular flexibility index (Phi) is 9.37. The number of unbranched alkanes of at least 4 members (excludes halogenated alkanes) is 3. The Labute approximate surface area is 152 Å². The highest BCUT2D eigenvalue weighted by Crippen LogP contribution is 2.28. The molecule has 1 aliphatic rings. The summed E-state index contributed by atoms with van der Waals surface area (Å²) in [5.74, 6) is 1.23. The second-order valence-electron chi connectivity index (χ2n) is 7.83. The van der Waals surface area contributed by atoms with Crippen molar-refractivity contribution in [2.45, 2.75) is 96.6 Å². The average Bonchev–Trinajstić information content (AvgIpc) is 3.04. The van der Waals surface area contributed by atoms with E-state index >= 15 is 0 Å². The molecular formula is C21H37NOS. The number of aryl methyl sites for hydroxylation is 2. The van der Waals surface area contributed by atoms with Crippen molar-refractivity contribution >= 4 is 11.3 Å². The minimum Gasteiger partial charge on any atom is -0.379 e. The molecule has 0 saturated heterocycles. The first kappa shape index (κ1) is 19.9. The molecule has 0 spiro atoms. The molecule has 0 bridgehead atoms. The second kappa shape index (κ2) is 11.3. The van der Waals surface area contributed by atoms with Gasteiger partial charge < -0.3 is 10.8 Å². The van der Waals surface area contributed by atoms with Crippen LogP contribution in [-0.2, 0) is 12.8 Å². The molecule has 1 unspecified atom stereocenters. The quantitative estimate of drug-likeness (QED) is 0.399. The summed E-state index contributed by atoms with van der Waals surface area (Å²) in [5, 5.41) is 9.36. The van der Waals surface area contributed by atoms with E-state index in [-0.39, 0.29) is 5.92 Å². The van der Waals surface area contributed by atoms with Gasteiger partial charge in [-0.3, -0.25) is 0 Å². The van der Waals surface area contributed by atoms with E-state index in [2.05, 4.69) is 12.1 Å². The van der Waals surface area contributed by atoms with Crippen LogP contribution in [0.25, 0.3) is 0 Å². The number of nitrogens with two attached hydrogens (primary N) is 1. The summed E-state index contributed by atoms with van der Waals surface area (Å²) in [6.45, 7) is 2.02. The van der Waals surface area contributed by atoms with Crippen LogP contribution < -0.4 is 5.73 Å². The summed E-state index contributed by atoms with van der Waals surface area (Å²) in [5.41, 5.74) is 5.52. The lowest BCUT2D eigenvalue weighted by molar-refractivity contribution is 0.119. The van der Waals surface area contributed by atoms with E-state index in [1.165, 1.54) is 80.4 Å². The second-order valence-corrected chi connectivity index (χ2v) is 9.08. The van der Waals surface area contributed by atoms with Gasteiger partial charge in [0.2, 0.25) is 0 Å². The molecule has 3 heteroatoms. The van der Waals surface area contributed by atoms with E-state index in [9.17, 15) is 5.11 Å². The van der Waals surface area contributed by atoms with Crippen LogP contribution in [0.3, 0.4) is 0 Å². The molecule has 1 aliphatic carbocycles. The monoisotopic (exact) mass is 351 g/mol. The molecule has 1 fully saturated rings. The summed E-state index contributed by atoms with van der Waals surface area (Å²) < 4.78 is 0. The van der Waals surface area contributed by atoms with Crippen molar-refractivity contribution in [1.29, 1.82) is 0 Å². The molecule has 0 radical (unpaired) electrons. The van der Waals surface area contributed by atoms with Gasteiger partial charge in [0.15, 0.2) is 0 Å². The van der Waals surface area contributed by atoms with Crippen LogP contribution in [0.5, 0.6) is 0 Å². The third-order valence-corrected chi connectivity index (χ3v) is 6.86. The minimum atomic E-state index is -0.682. The van der Waals surface area contributed by atoms with Gasteiger partial charge in [-0.1, -0.05) is 64.7 Å². The van der Waals surface area contributed by atoms with E-state index in [0.717, 1.165) is 18.8 Å². The Morgan fingerprint density at radius 1 is 1.04 bits per heavy atom. The fourth-order valence-electron chi connectivity index (χ4n) is 3.79. The molecule has 1 aromatic heterocycles. The van der Waals surface area contributed by atoms with E-state index in [4.69, 9.17) is 5.73 Å². The predicted molar refractivity (Wildman–Crippen MR) is 105 cm³/mol. The standard InChI is InChI=1S/C21H37NOS/c1-17(21(22)23)13-14-20-16-15-19(24-20)12-8-3-2-5-9-18-10-6-4-7-11-18/h15-18,21,23H,2-14,22H2,1H3/t17-,21?/m1/s1. The summed E-state index contributed by atoms with van der Waals surface area (Å²) in [7, 11) is 0. The number of aliphatic hydroxyl groups excluding tert-OH is 1. The largest absolute Gasteiger partial charge is 0.379 e. The lowest BCUT2D eigenvalue weighted by Crippen LogP contribution is -2.27. The topological polar surface area (TPSA) is 46.2 Å². The van der Waals surface area contributed by atoms with Gasteiger partial charge in [0.1, 0.15) is 6.23 Å². The molecule has 24 heavy (non-hydrogen) atoms. The maximum atomic E-state index is 9.36. The fourth-order valence-corrected chi connectivity index (χ4v) is 4.87. The van der Waals surface area contributed by atoms with Crippen LogP contribution in [0, 0.1) is 11.8 Å². The molecule has 0 amide bonds. The zero-order valence-electron chi connectivity index (χ0n) is 15.5. The molecule has 0 aromatic carbocycles. The molecule has 2 nitrogen and oxygen atoms in total. The molecule has 0 aliphatic heterocycles. The van der Waals surface area contributed by atoms with Crippen molar-refractivity contribution in [3.63, 3.8) is 0 Å². The highest BCUT2D eigenvalue weighted by atomic mass is 32.1. The number of aliphatic hydroxyl groups is 1. The number of hydrogen-bond donors (Lipinski definition) is 2. The van der Waals surface area contributed by atoms with Crippen LogP contribution in [-0.4, -0.2) is 11.3 Å². The van der Waals surface area contributed by atoms with Crippen LogP contribution in [0.1, 0.15) is 87.3 Å². The number of thiophene rings is 1. The normalized spacial score (nSPS) is 18.6. The fraction of sp³-hybridized carbons (Fsp3) is 0.810. The summed E-state index contributed by atoms with van der Waals surface area (Å²) in [6.07, 6.45) is 17.1. The first-order valence-corrected chi connectivity index (χ1v) is 11.0. The third kappa shape index (κ3) is 7.67. The van der Waals surface area contributed by atoms with Gasteiger partial charge in [-0.05, 0) is 49.7 Å². The van der Waals surface area contributed by atoms with E-state index in [0.29, 0.717) is 0 Å². The third-order valence-electron chi connectivity index (χ3n) is 5.66. The van der Waals surface area contributed by atoms with Crippen molar-refractivity contribution in [1.82, 2.24) is 0 Å². The van der Waals surface area contributed by atoms with Crippen molar-refractivity contribution in [2.24, 2.45) is 17.6 Å². The Morgan fingerprint density at radius 3 is 2.42 bits per heavy atom. The molecule has 1 aromatic rings. The smallest absolute Gasteiger partial charge is 0.105 e. The number of rotatable bonds is 11. The zero-order chi connectivity index (χ0) is 17.2. The maximum Gasteiger partial charge on any atom is 0.105 e. The van der Waals surface area contributed by atoms with Crippen LogP contribution in [0.2, 0.25) is 0 Å². The van der Waals surface area contributed by atoms with Gasteiger partial charge >= 0.3 is 0 Å². The first-order valence-electron chi connectivity index (χ1n) is 10.2. The lowest BCUT2D eigenvalue weighted by Gasteiger charge is -2.21. The Morgan fingerprint density at radius 2 is 1.71 bits per heavy atom. The minimum absolute atomic E-state index is 0.180. The van der Waals surface area contributed by atoms with Gasteiger partial charge in [0, 0.05) is 9.75 Å². The SMILES string of the molecule is C[C@H](CCc1ccc(CCCCCCC2CCCCC2)s1)C(N)O. The average molecular weight is 352 g/mol. The van der Waals surface area contributed by atoms with Crippen molar-refractivity contribution in [2.75, 3.05) is 0 Å². The van der Waals surface area contributed by atoms with E-state index < -0.39 is 6.23 Å². The molecule has 2 rings (SSSR count). The molecular weight excluding hydrogens is 314 g/mol. The van der Waals surface area contributed by atoms with Gasteiger partial charge in [-0.2, -0.15) is 0 Å². The highest BCUT2D eigenvalue weighted by molar-refractivity contribution is 7.11. The molecule has 138 valence electrons. The highest BCUT2D eigenvalue weighted by Gasteiger charge is 2.12. The van der Waals surface area contributed by atoms with Gasteiger partial charge in [0.25, 0.3) is 0 Å². The van der Waals surface area contributed by atoms with E-state index in [1.807, 2.05) is 18.3 Å². The molecule has 1 saturated carbocycles. The Bertz CT molecular complexity index is 437. The van der Waals surface area contributed by atoms with Crippen molar-refractivity contribution in [3.8, 4) is 0 Å². The zero-order valence-corrected chi connectivity index (χ0v) is 16.3. The lowest BCUT2D eigenvalue weighted by atomic mass is 9.85. The molecule has 1 heterocycles. The molecule has 3 N–H and O–H groups in total. The first-order chi connectivity index (χ1) is 11.6. The Balaban J connectivity index is 1.51. The van der Waals surface area contributed by atoms with Crippen LogP contribution in [0.15, 0.2) is 12.1 Å². The van der Waals surface area contributed by atoms with Crippen molar-refractivity contribution < 1.29 is 5.11 Å². The van der Waals surface area contributed by atoms with Crippen LogP contribution in [0.4, 0.5) is 0 Å². The Hall–Kier alpha value is -0.380. The maximum absolute atomic E-state index is 9.36. The molecule has 2 atom stereocenters. The number of hydrogen-bond acceptors (Lipinski definition) is 3. The van der Waals surface area contributed by atoms with Gasteiger partial charge in [0.05, 0.1) is 0 Å². The summed E-state index contributed by atoms with van der Waals surface area (Å²) >= 11 is 1.95. The van der Waals surface area contributed by atoms with Gasteiger partial charge in [-0.15, -0.1) is 11.3 Å². The van der Waals surface area contributed by atoms with E-state index in [1.54, 1.807) is 0 Å².